The number of para-hydroxylation sites is 1. The van der Waals surface area contributed by atoms with Gasteiger partial charge in [-0.15, -0.1) is 0 Å². The van der Waals surface area contributed by atoms with Gasteiger partial charge in [-0.05, 0) is 19.1 Å². The SMILES string of the molecule is Cc1ccc2c(c1)C(O)(c1cccc3c1OCO3)C(=O)N2. The summed E-state index contributed by atoms with van der Waals surface area (Å²) in [4.78, 5) is 12.4. The first-order chi connectivity index (χ1) is 10.1. The highest BCUT2D eigenvalue weighted by atomic mass is 16.7. The van der Waals surface area contributed by atoms with E-state index in [-0.39, 0.29) is 6.79 Å². The van der Waals surface area contributed by atoms with Crippen LogP contribution in [0.15, 0.2) is 36.4 Å². The lowest BCUT2D eigenvalue weighted by molar-refractivity contribution is -0.129. The minimum atomic E-state index is -1.76. The van der Waals surface area contributed by atoms with E-state index in [9.17, 15) is 9.90 Å². The second kappa shape index (κ2) is 3.99. The smallest absolute Gasteiger partial charge is 0.266 e. The highest BCUT2D eigenvalue weighted by molar-refractivity contribution is 6.07. The van der Waals surface area contributed by atoms with Crippen molar-refractivity contribution in [2.75, 3.05) is 12.1 Å². The number of ether oxygens (including phenoxy) is 2. The summed E-state index contributed by atoms with van der Waals surface area (Å²) >= 11 is 0. The topological polar surface area (TPSA) is 67.8 Å². The van der Waals surface area contributed by atoms with E-state index in [1.54, 1.807) is 24.3 Å². The summed E-state index contributed by atoms with van der Waals surface area (Å²) in [6.45, 7) is 2.00. The fourth-order valence-electron chi connectivity index (χ4n) is 2.88. The molecule has 106 valence electrons. The van der Waals surface area contributed by atoms with Crippen LogP contribution in [0.1, 0.15) is 16.7 Å². The van der Waals surface area contributed by atoms with Crippen molar-refractivity contribution in [1.82, 2.24) is 0 Å². The van der Waals surface area contributed by atoms with E-state index in [0.717, 1.165) is 5.56 Å². The quantitative estimate of drug-likeness (QED) is 0.839. The number of hydrogen-bond donors (Lipinski definition) is 2. The predicted molar refractivity (Wildman–Crippen MR) is 75.4 cm³/mol. The van der Waals surface area contributed by atoms with E-state index in [1.807, 2.05) is 19.1 Å². The van der Waals surface area contributed by atoms with Gasteiger partial charge in [0.25, 0.3) is 5.91 Å². The molecule has 0 saturated heterocycles. The van der Waals surface area contributed by atoms with Crippen molar-refractivity contribution in [2.24, 2.45) is 0 Å². The molecular formula is C16H13NO4. The van der Waals surface area contributed by atoms with Crippen LogP contribution in [0.25, 0.3) is 0 Å². The normalized spacial score (nSPS) is 22.1. The maximum Gasteiger partial charge on any atom is 0.266 e. The fraction of sp³-hybridized carbons (Fsp3) is 0.188. The molecule has 0 fully saturated rings. The zero-order valence-corrected chi connectivity index (χ0v) is 11.3. The molecule has 1 atom stereocenters. The van der Waals surface area contributed by atoms with Crippen molar-refractivity contribution in [3.63, 3.8) is 0 Å². The first-order valence-corrected chi connectivity index (χ1v) is 6.65. The Kier molecular flexibility index (Phi) is 2.32. The van der Waals surface area contributed by atoms with E-state index in [4.69, 9.17) is 9.47 Å². The Bertz CT molecular complexity index is 771. The van der Waals surface area contributed by atoms with Crippen molar-refractivity contribution >= 4 is 11.6 Å². The van der Waals surface area contributed by atoms with Crippen LogP contribution in [0.3, 0.4) is 0 Å². The lowest BCUT2D eigenvalue weighted by Crippen LogP contribution is -2.35. The van der Waals surface area contributed by atoms with Gasteiger partial charge < -0.3 is 19.9 Å². The number of carbonyl (C=O) groups is 1. The number of aryl methyl sites for hydroxylation is 1. The molecule has 2 aliphatic rings. The third kappa shape index (κ3) is 1.52. The lowest BCUT2D eigenvalue weighted by Gasteiger charge is -2.22. The third-order valence-corrected chi connectivity index (χ3v) is 3.93. The molecule has 2 N–H and O–H groups in total. The van der Waals surface area contributed by atoms with E-state index in [2.05, 4.69) is 5.32 Å². The van der Waals surface area contributed by atoms with Crippen LogP contribution in [-0.4, -0.2) is 17.8 Å². The number of rotatable bonds is 1. The summed E-state index contributed by atoms with van der Waals surface area (Å²) in [5.41, 5.74) is 0.759. The molecule has 0 saturated carbocycles. The largest absolute Gasteiger partial charge is 0.454 e. The van der Waals surface area contributed by atoms with Gasteiger partial charge in [0.05, 0.1) is 0 Å². The molecule has 4 rings (SSSR count). The molecule has 2 aromatic carbocycles. The van der Waals surface area contributed by atoms with E-state index >= 15 is 0 Å². The third-order valence-electron chi connectivity index (χ3n) is 3.93. The van der Waals surface area contributed by atoms with Crippen LogP contribution in [0.2, 0.25) is 0 Å². The molecule has 2 aliphatic heterocycles. The molecule has 5 nitrogen and oxygen atoms in total. The fourth-order valence-corrected chi connectivity index (χ4v) is 2.88. The first kappa shape index (κ1) is 12.2. The Morgan fingerprint density at radius 1 is 1.19 bits per heavy atom. The summed E-state index contributed by atoms with van der Waals surface area (Å²) < 4.78 is 10.8. The Balaban J connectivity index is 1.98. The van der Waals surface area contributed by atoms with Crippen LogP contribution in [-0.2, 0) is 10.4 Å². The van der Waals surface area contributed by atoms with Gasteiger partial charge in [-0.3, -0.25) is 4.79 Å². The molecule has 21 heavy (non-hydrogen) atoms. The summed E-state index contributed by atoms with van der Waals surface area (Å²) in [5.74, 6) is 0.478. The predicted octanol–water partition coefficient (Wildman–Crippen LogP) is 1.91. The van der Waals surface area contributed by atoms with Crippen LogP contribution in [0.4, 0.5) is 5.69 Å². The summed E-state index contributed by atoms with van der Waals surface area (Å²) in [5, 5.41) is 13.8. The van der Waals surface area contributed by atoms with Crippen LogP contribution in [0.5, 0.6) is 11.5 Å². The molecule has 1 amide bonds. The lowest BCUT2D eigenvalue weighted by atomic mass is 9.86. The van der Waals surface area contributed by atoms with Crippen molar-refractivity contribution in [1.29, 1.82) is 0 Å². The van der Waals surface area contributed by atoms with Crippen LogP contribution >= 0.6 is 0 Å². The molecule has 0 bridgehead atoms. The average Bonchev–Trinajstić information content (AvgIpc) is 3.04. The Morgan fingerprint density at radius 3 is 2.90 bits per heavy atom. The number of hydrogen-bond acceptors (Lipinski definition) is 4. The highest BCUT2D eigenvalue weighted by Crippen LogP contribution is 2.48. The first-order valence-electron chi connectivity index (χ1n) is 6.65. The molecule has 0 spiro atoms. The molecule has 0 radical (unpaired) electrons. The van der Waals surface area contributed by atoms with Crippen molar-refractivity contribution in [3.05, 3.63) is 53.1 Å². The van der Waals surface area contributed by atoms with Gasteiger partial charge in [0, 0.05) is 16.8 Å². The van der Waals surface area contributed by atoms with Gasteiger partial charge in [-0.25, -0.2) is 0 Å². The Hall–Kier alpha value is -2.53. The maximum absolute atomic E-state index is 12.4. The highest BCUT2D eigenvalue weighted by Gasteiger charge is 2.49. The van der Waals surface area contributed by atoms with Gasteiger partial charge in [0.2, 0.25) is 6.79 Å². The molecule has 0 aromatic heterocycles. The van der Waals surface area contributed by atoms with Gasteiger partial charge in [0.1, 0.15) is 0 Å². The zero-order chi connectivity index (χ0) is 14.6. The number of aliphatic hydroxyl groups is 1. The summed E-state index contributed by atoms with van der Waals surface area (Å²) in [6, 6.07) is 10.7. The van der Waals surface area contributed by atoms with Crippen molar-refractivity contribution < 1.29 is 19.4 Å². The van der Waals surface area contributed by atoms with E-state index in [0.29, 0.717) is 28.3 Å². The van der Waals surface area contributed by atoms with E-state index in [1.165, 1.54) is 0 Å². The van der Waals surface area contributed by atoms with E-state index < -0.39 is 11.5 Å². The molecule has 2 heterocycles. The number of amides is 1. The van der Waals surface area contributed by atoms with Gasteiger partial charge in [-0.2, -0.15) is 0 Å². The van der Waals surface area contributed by atoms with Gasteiger partial charge in [0.15, 0.2) is 17.1 Å². The minimum absolute atomic E-state index is 0.0880. The monoisotopic (exact) mass is 283 g/mol. The summed E-state index contributed by atoms with van der Waals surface area (Å²) in [7, 11) is 0. The number of fused-ring (bicyclic) bond motifs is 2. The number of nitrogens with one attached hydrogen (secondary N) is 1. The van der Waals surface area contributed by atoms with Crippen molar-refractivity contribution in [3.8, 4) is 11.5 Å². The molecule has 2 aromatic rings. The van der Waals surface area contributed by atoms with Gasteiger partial charge in [-0.1, -0.05) is 29.8 Å². The second-order valence-electron chi connectivity index (χ2n) is 5.25. The molecule has 5 heteroatoms. The maximum atomic E-state index is 12.4. The number of carbonyl (C=O) groups excluding carboxylic acids is 1. The number of anilines is 1. The Labute approximate surface area is 121 Å². The molecular weight excluding hydrogens is 270 g/mol. The van der Waals surface area contributed by atoms with Gasteiger partial charge >= 0.3 is 0 Å². The van der Waals surface area contributed by atoms with Crippen LogP contribution < -0.4 is 14.8 Å². The zero-order valence-electron chi connectivity index (χ0n) is 11.3. The standard InChI is InChI=1S/C16H13NO4/c1-9-5-6-12-11(7-9)16(19,15(18)17-12)10-3-2-4-13-14(10)21-8-20-13/h2-7,19H,8H2,1H3,(H,17,18). The van der Waals surface area contributed by atoms with Crippen molar-refractivity contribution in [2.45, 2.75) is 12.5 Å². The second-order valence-corrected chi connectivity index (χ2v) is 5.25. The molecule has 0 aliphatic carbocycles. The summed E-state index contributed by atoms with van der Waals surface area (Å²) in [6.07, 6.45) is 0. The van der Waals surface area contributed by atoms with Crippen LogP contribution in [0, 0.1) is 6.92 Å². The minimum Gasteiger partial charge on any atom is -0.454 e. The average molecular weight is 283 g/mol. The number of benzene rings is 2. The Morgan fingerprint density at radius 2 is 2.05 bits per heavy atom. The molecule has 1 unspecified atom stereocenters.